The highest BCUT2D eigenvalue weighted by molar-refractivity contribution is 9.10. The van der Waals surface area contributed by atoms with E-state index in [1.54, 1.807) is 50.2 Å². The number of ether oxygens (including phenoxy) is 1. The molecule has 6 nitrogen and oxygen atoms in total. The second-order valence-electron chi connectivity index (χ2n) is 11.3. The third-order valence-corrected chi connectivity index (χ3v) is 14.4. The van der Waals surface area contributed by atoms with E-state index >= 15 is 0 Å². The van der Waals surface area contributed by atoms with Crippen molar-refractivity contribution in [3.05, 3.63) is 68.9 Å². The molecule has 1 unspecified atom stereocenters. The van der Waals surface area contributed by atoms with E-state index in [9.17, 15) is 12.8 Å². The zero-order chi connectivity index (χ0) is 27.8. The van der Waals surface area contributed by atoms with Crippen LogP contribution in [0.25, 0.3) is 0 Å². The molecule has 11 heteroatoms. The van der Waals surface area contributed by atoms with E-state index < -0.39 is 41.1 Å². The lowest BCUT2D eigenvalue weighted by atomic mass is 9.97. The Morgan fingerprint density at radius 1 is 1.22 bits per heavy atom. The van der Waals surface area contributed by atoms with Crippen molar-refractivity contribution in [2.75, 3.05) is 6.61 Å². The van der Waals surface area contributed by atoms with Gasteiger partial charge in [0.05, 0.1) is 11.1 Å². The minimum absolute atomic E-state index is 0.0130. The summed E-state index contributed by atoms with van der Waals surface area (Å²) in [6, 6.07) is 10.7. The number of benzene rings is 2. The minimum atomic E-state index is -3.91. The molecule has 1 aliphatic rings. The van der Waals surface area contributed by atoms with Crippen LogP contribution < -0.4 is 4.72 Å². The standard InChI is InChI=1S/C26H35BrClFN2O4SSi/c1-25(2,3)37(6,7)34-16-15-21(19-9-8-10-20(29)22(19)28)30-24-31-36(32,33)23(26(4,5)35-24)17-11-13-18(27)14-12-17/h8-14,21,23H,15-16H2,1-7H3,(H,30,31)/t21-,23?/m0/s1. The van der Waals surface area contributed by atoms with Crippen LogP contribution in [0.3, 0.4) is 0 Å². The summed E-state index contributed by atoms with van der Waals surface area (Å²) in [5, 5.41) is -1.01. The molecule has 1 heterocycles. The van der Waals surface area contributed by atoms with E-state index in [2.05, 4.69) is 59.5 Å². The second-order valence-corrected chi connectivity index (χ2v) is 19.1. The summed E-state index contributed by atoms with van der Waals surface area (Å²) in [6.07, 6.45) is 0.362. The van der Waals surface area contributed by atoms with Crippen molar-refractivity contribution in [3.8, 4) is 0 Å². The monoisotopic (exact) mass is 632 g/mol. The zero-order valence-electron chi connectivity index (χ0n) is 22.2. The predicted octanol–water partition coefficient (Wildman–Crippen LogP) is 7.52. The summed E-state index contributed by atoms with van der Waals surface area (Å²) in [5.74, 6) is -0.574. The van der Waals surface area contributed by atoms with Gasteiger partial charge in [-0.25, -0.2) is 22.5 Å². The summed E-state index contributed by atoms with van der Waals surface area (Å²) in [4.78, 5) is 4.60. The number of aliphatic imine (C=N–C) groups is 1. The number of amidine groups is 1. The minimum Gasteiger partial charge on any atom is -0.457 e. The molecule has 3 rings (SSSR count). The number of nitrogens with zero attached hydrogens (tertiary/aromatic N) is 1. The van der Waals surface area contributed by atoms with Gasteiger partial charge in [-0.15, -0.1) is 0 Å². The maximum atomic E-state index is 14.3. The average molecular weight is 634 g/mol. The molecule has 0 bridgehead atoms. The maximum Gasteiger partial charge on any atom is 0.299 e. The van der Waals surface area contributed by atoms with Gasteiger partial charge in [0.2, 0.25) is 10.0 Å². The van der Waals surface area contributed by atoms with Crippen LogP contribution in [-0.2, 0) is 19.2 Å². The molecule has 2 aromatic carbocycles. The van der Waals surface area contributed by atoms with Crippen LogP contribution in [0.1, 0.15) is 63.5 Å². The fraction of sp³-hybridized carbons (Fsp3) is 0.500. The van der Waals surface area contributed by atoms with Crippen molar-refractivity contribution < 1.29 is 22.0 Å². The Morgan fingerprint density at radius 2 is 1.84 bits per heavy atom. The third-order valence-electron chi connectivity index (χ3n) is 6.98. The highest BCUT2D eigenvalue weighted by Crippen LogP contribution is 2.40. The summed E-state index contributed by atoms with van der Waals surface area (Å²) in [5.41, 5.74) is -0.110. The van der Waals surface area contributed by atoms with Crippen LogP contribution in [0, 0.1) is 5.82 Å². The first kappa shape index (κ1) is 30.1. The normalized spacial score (nSPS) is 21.2. The molecular formula is C26H35BrClFN2O4SSi. The molecule has 0 aliphatic carbocycles. The Labute approximate surface area is 234 Å². The number of nitrogens with one attached hydrogen (secondary N) is 1. The second kappa shape index (κ2) is 11.0. The van der Waals surface area contributed by atoms with Crippen LogP contribution in [0.2, 0.25) is 23.2 Å². The fourth-order valence-corrected chi connectivity index (χ4v) is 7.34. The molecule has 0 radical (unpaired) electrons. The summed E-state index contributed by atoms with van der Waals surface area (Å²) in [6.45, 7) is 14.5. The summed E-state index contributed by atoms with van der Waals surface area (Å²) < 4.78 is 56.9. The first-order chi connectivity index (χ1) is 16.9. The van der Waals surface area contributed by atoms with Gasteiger partial charge in [-0.05, 0) is 67.7 Å². The Morgan fingerprint density at radius 3 is 2.41 bits per heavy atom. The molecule has 0 aromatic heterocycles. The van der Waals surface area contributed by atoms with Crippen LogP contribution in [0.4, 0.5) is 4.39 Å². The predicted molar refractivity (Wildman–Crippen MR) is 153 cm³/mol. The van der Waals surface area contributed by atoms with E-state index in [-0.39, 0.29) is 16.1 Å². The molecule has 0 amide bonds. The van der Waals surface area contributed by atoms with Crippen molar-refractivity contribution in [1.82, 2.24) is 4.72 Å². The number of rotatable bonds is 7. The molecule has 1 fully saturated rings. The number of hydrogen-bond donors (Lipinski definition) is 1. The lowest BCUT2D eigenvalue weighted by Gasteiger charge is -2.39. The Kier molecular flexibility index (Phi) is 8.91. The van der Waals surface area contributed by atoms with Crippen LogP contribution in [0.5, 0.6) is 0 Å². The number of sulfonamides is 1. The maximum absolute atomic E-state index is 14.3. The van der Waals surface area contributed by atoms with Crippen molar-refractivity contribution >= 4 is 51.9 Å². The molecule has 37 heavy (non-hydrogen) atoms. The SMILES string of the molecule is CC1(C)OC(=N[C@@H](CCO[Si](C)(C)C(C)(C)C)c2cccc(F)c2Cl)NS(=O)(=O)C1c1ccc(Br)cc1. The van der Waals surface area contributed by atoms with Crippen LogP contribution >= 0.6 is 27.5 Å². The molecule has 0 saturated carbocycles. The third kappa shape index (κ3) is 6.95. The van der Waals surface area contributed by atoms with Gasteiger partial charge in [0.15, 0.2) is 8.32 Å². The average Bonchev–Trinajstić information content (AvgIpc) is 2.74. The van der Waals surface area contributed by atoms with E-state index in [4.69, 9.17) is 20.8 Å². The van der Waals surface area contributed by atoms with E-state index in [0.717, 1.165) is 4.47 Å². The molecule has 1 N–H and O–H groups in total. The first-order valence-corrected chi connectivity index (χ1v) is 17.7. The number of hydrogen-bond acceptors (Lipinski definition) is 5. The van der Waals surface area contributed by atoms with Gasteiger partial charge in [0.25, 0.3) is 6.02 Å². The van der Waals surface area contributed by atoms with Crippen molar-refractivity contribution in [3.63, 3.8) is 0 Å². The summed E-state index contributed by atoms with van der Waals surface area (Å²) >= 11 is 9.69. The Bertz CT molecular complexity index is 1260. The lowest BCUT2D eigenvalue weighted by Crippen LogP contribution is -2.53. The zero-order valence-corrected chi connectivity index (χ0v) is 26.4. The molecule has 0 spiro atoms. The van der Waals surface area contributed by atoms with Gasteiger partial charge in [0, 0.05) is 11.1 Å². The Balaban J connectivity index is 1.95. The van der Waals surface area contributed by atoms with Crippen LogP contribution in [-0.4, -0.2) is 35.0 Å². The molecule has 1 aliphatic heterocycles. The summed E-state index contributed by atoms with van der Waals surface area (Å²) in [7, 11) is -5.96. The van der Waals surface area contributed by atoms with Gasteiger partial charge in [0.1, 0.15) is 16.7 Å². The highest BCUT2D eigenvalue weighted by Gasteiger charge is 2.48. The lowest BCUT2D eigenvalue weighted by molar-refractivity contribution is 0.0759. The first-order valence-electron chi connectivity index (χ1n) is 12.1. The topological polar surface area (TPSA) is 77.0 Å². The highest BCUT2D eigenvalue weighted by atomic mass is 79.9. The molecule has 1 saturated heterocycles. The fourth-order valence-electron chi connectivity index (χ4n) is 4.00. The van der Waals surface area contributed by atoms with Crippen molar-refractivity contribution in [2.45, 2.75) is 76.1 Å². The quantitative estimate of drug-likeness (QED) is 0.320. The van der Waals surface area contributed by atoms with Gasteiger partial charge in [-0.3, -0.25) is 0 Å². The Hall–Kier alpha value is -1.46. The van der Waals surface area contributed by atoms with Gasteiger partial charge in [-0.1, -0.05) is 72.6 Å². The largest absolute Gasteiger partial charge is 0.457 e. The van der Waals surface area contributed by atoms with E-state index in [0.29, 0.717) is 24.2 Å². The number of halogens is 3. The van der Waals surface area contributed by atoms with E-state index in [1.165, 1.54) is 6.07 Å². The molecular weight excluding hydrogens is 599 g/mol. The molecule has 2 aromatic rings. The van der Waals surface area contributed by atoms with Gasteiger partial charge >= 0.3 is 0 Å². The van der Waals surface area contributed by atoms with Crippen LogP contribution in [0.15, 0.2) is 51.9 Å². The van der Waals surface area contributed by atoms with Gasteiger partial charge in [-0.2, -0.15) is 0 Å². The van der Waals surface area contributed by atoms with Crippen molar-refractivity contribution in [2.24, 2.45) is 4.99 Å². The molecule has 204 valence electrons. The smallest absolute Gasteiger partial charge is 0.299 e. The van der Waals surface area contributed by atoms with Gasteiger partial charge < -0.3 is 9.16 Å². The molecule has 2 atom stereocenters. The van der Waals surface area contributed by atoms with Crippen molar-refractivity contribution in [1.29, 1.82) is 0 Å². The van der Waals surface area contributed by atoms with E-state index in [1.807, 2.05) is 0 Å².